The minimum Gasteiger partial charge on any atom is -0.441 e. The number of halogens is 2. The summed E-state index contributed by atoms with van der Waals surface area (Å²) in [5.41, 5.74) is 2.08. The number of nitrogens with one attached hydrogen (secondary N) is 2. The van der Waals surface area contributed by atoms with Crippen LogP contribution in [-0.2, 0) is 17.8 Å². The van der Waals surface area contributed by atoms with E-state index >= 15 is 0 Å². The van der Waals surface area contributed by atoms with E-state index in [1.165, 1.54) is 0 Å². The van der Waals surface area contributed by atoms with Gasteiger partial charge in [-0.2, -0.15) is 0 Å². The number of aromatic nitrogens is 1. The normalized spacial score (nSPS) is 10.6. The van der Waals surface area contributed by atoms with Gasteiger partial charge < -0.3 is 15.1 Å². The van der Waals surface area contributed by atoms with E-state index in [1.54, 1.807) is 49.6 Å². The number of carbonyl (C=O) groups excluding carboxylic acids is 2. The van der Waals surface area contributed by atoms with E-state index < -0.39 is 0 Å². The molecule has 0 saturated carbocycles. The van der Waals surface area contributed by atoms with Crippen molar-refractivity contribution in [1.29, 1.82) is 0 Å². The molecular weight excluding hydrogens is 413 g/mol. The summed E-state index contributed by atoms with van der Waals surface area (Å²) in [7, 11) is 1.58. The largest absolute Gasteiger partial charge is 0.441 e. The van der Waals surface area contributed by atoms with Crippen molar-refractivity contribution in [2.75, 3.05) is 7.05 Å². The summed E-state index contributed by atoms with van der Waals surface area (Å²) < 4.78 is 5.69. The fourth-order valence-electron chi connectivity index (χ4n) is 2.72. The van der Waals surface area contributed by atoms with Crippen molar-refractivity contribution >= 4 is 35.0 Å². The summed E-state index contributed by atoms with van der Waals surface area (Å²) in [5, 5.41) is 6.41. The molecule has 2 N–H and O–H groups in total. The summed E-state index contributed by atoms with van der Waals surface area (Å²) in [6, 6.07) is 12.2. The first-order valence-corrected chi connectivity index (χ1v) is 9.69. The second-order valence-electron chi connectivity index (χ2n) is 6.30. The number of hydrogen-bond acceptors (Lipinski definition) is 4. The molecule has 2 amide bonds. The molecular formula is C21H19Cl2N3O3. The highest BCUT2D eigenvalue weighted by atomic mass is 35.5. The topological polar surface area (TPSA) is 84.2 Å². The third-order valence-electron chi connectivity index (χ3n) is 4.22. The van der Waals surface area contributed by atoms with Crippen molar-refractivity contribution < 1.29 is 14.0 Å². The summed E-state index contributed by atoms with van der Waals surface area (Å²) >= 11 is 12.1. The minimum atomic E-state index is -0.168. The van der Waals surface area contributed by atoms with E-state index in [4.69, 9.17) is 27.6 Å². The fraction of sp³-hybridized carbons (Fsp3) is 0.190. The lowest BCUT2D eigenvalue weighted by molar-refractivity contribution is -0.121. The standard InChI is InChI=1S/C21H19Cl2N3O3/c1-24-21(28)14-4-2-3-13(9-14)11-25-19(27)7-8-20-26-12-18(29-20)16-6-5-15(22)10-17(16)23/h2-6,9-10,12H,7-8,11H2,1H3,(H,24,28)(H,25,27). The van der Waals surface area contributed by atoms with E-state index in [0.29, 0.717) is 45.8 Å². The van der Waals surface area contributed by atoms with Gasteiger partial charge in [-0.25, -0.2) is 4.98 Å². The Morgan fingerprint density at radius 1 is 1.14 bits per heavy atom. The zero-order chi connectivity index (χ0) is 20.8. The third-order valence-corrected chi connectivity index (χ3v) is 4.77. The van der Waals surface area contributed by atoms with Crippen molar-refractivity contribution in [3.63, 3.8) is 0 Å². The lowest BCUT2D eigenvalue weighted by atomic mass is 10.1. The van der Waals surface area contributed by atoms with E-state index in [9.17, 15) is 9.59 Å². The number of oxazole rings is 1. The van der Waals surface area contributed by atoms with Crippen LogP contribution in [0.15, 0.2) is 53.1 Å². The maximum atomic E-state index is 12.1. The summed E-state index contributed by atoms with van der Waals surface area (Å²) in [6.07, 6.45) is 2.16. The molecule has 0 aliphatic carbocycles. The van der Waals surface area contributed by atoms with Crippen molar-refractivity contribution in [2.24, 2.45) is 0 Å². The molecule has 0 radical (unpaired) electrons. The molecule has 0 bridgehead atoms. The molecule has 0 aliphatic heterocycles. The smallest absolute Gasteiger partial charge is 0.251 e. The van der Waals surface area contributed by atoms with Crippen LogP contribution in [0.25, 0.3) is 11.3 Å². The average molecular weight is 432 g/mol. The predicted octanol–water partition coefficient (Wildman–Crippen LogP) is 4.26. The van der Waals surface area contributed by atoms with Gasteiger partial charge in [0.25, 0.3) is 5.91 Å². The predicted molar refractivity (Wildman–Crippen MR) is 112 cm³/mol. The Hall–Kier alpha value is -2.83. The first-order valence-electron chi connectivity index (χ1n) is 8.94. The number of amides is 2. The Labute approximate surface area is 178 Å². The molecule has 2 aromatic carbocycles. The van der Waals surface area contributed by atoms with Gasteiger partial charge in [0.05, 0.1) is 11.2 Å². The highest BCUT2D eigenvalue weighted by Gasteiger charge is 2.12. The number of hydrogen-bond donors (Lipinski definition) is 2. The van der Waals surface area contributed by atoms with Gasteiger partial charge in [0.2, 0.25) is 5.91 Å². The first-order chi connectivity index (χ1) is 14.0. The maximum Gasteiger partial charge on any atom is 0.251 e. The maximum absolute atomic E-state index is 12.1. The monoisotopic (exact) mass is 431 g/mol. The quantitative estimate of drug-likeness (QED) is 0.585. The fourth-order valence-corrected chi connectivity index (χ4v) is 3.22. The zero-order valence-corrected chi connectivity index (χ0v) is 17.2. The summed E-state index contributed by atoms with van der Waals surface area (Å²) in [6.45, 7) is 0.334. The van der Waals surface area contributed by atoms with Gasteiger partial charge in [0.15, 0.2) is 11.7 Å². The van der Waals surface area contributed by atoms with Gasteiger partial charge in [-0.05, 0) is 35.9 Å². The van der Waals surface area contributed by atoms with Crippen LogP contribution in [0.2, 0.25) is 10.0 Å². The zero-order valence-electron chi connectivity index (χ0n) is 15.7. The number of carbonyl (C=O) groups is 2. The molecule has 1 aromatic heterocycles. The molecule has 0 spiro atoms. The summed E-state index contributed by atoms with van der Waals surface area (Å²) in [4.78, 5) is 28.0. The highest BCUT2D eigenvalue weighted by Crippen LogP contribution is 2.30. The van der Waals surface area contributed by atoms with Gasteiger partial charge in [-0.15, -0.1) is 0 Å². The second-order valence-corrected chi connectivity index (χ2v) is 7.14. The molecule has 0 aliphatic rings. The molecule has 6 nitrogen and oxygen atoms in total. The summed E-state index contributed by atoms with van der Waals surface area (Å²) in [5.74, 6) is 0.661. The van der Waals surface area contributed by atoms with Crippen LogP contribution in [-0.4, -0.2) is 23.8 Å². The van der Waals surface area contributed by atoms with E-state index in [2.05, 4.69) is 15.6 Å². The van der Waals surface area contributed by atoms with E-state index in [0.717, 1.165) is 5.56 Å². The van der Waals surface area contributed by atoms with E-state index in [1.807, 2.05) is 6.07 Å². The van der Waals surface area contributed by atoms with E-state index in [-0.39, 0.29) is 18.2 Å². The SMILES string of the molecule is CNC(=O)c1cccc(CNC(=O)CCc2ncc(-c3ccc(Cl)cc3Cl)o2)c1. The molecule has 29 heavy (non-hydrogen) atoms. The van der Waals surface area contributed by atoms with Crippen molar-refractivity contribution in [1.82, 2.24) is 15.6 Å². The molecule has 3 aromatic rings. The lowest BCUT2D eigenvalue weighted by Gasteiger charge is -2.06. The molecule has 150 valence electrons. The Morgan fingerprint density at radius 3 is 2.72 bits per heavy atom. The van der Waals surface area contributed by atoms with Gasteiger partial charge in [0, 0.05) is 42.6 Å². The van der Waals surface area contributed by atoms with Gasteiger partial charge in [0.1, 0.15) is 0 Å². The molecule has 0 fully saturated rings. The molecule has 0 atom stereocenters. The lowest BCUT2D eigenvalue weighted by Crippen LogP contribution is -2.23. The van der Waals surface area contributed by atoms with Crippen LogP contribution in [0, 0.1) is 0 Å². The Bertz CT molecular complexity index is 1030. The van der Waals surface area contributed by atoms with Crippen molar-refractivity contribution in [3.05, 3.63) is 75.7 Å². The van der Waals surface area contributed by atoms with Crippen molar-refractivity contribution in [2.45, 2.75) is 19.4 Å². The van der Waals surface area contributed by atoms with Gasteiger partial charge in [-0.3, -0.25) is 9.59 Å². The Morgan fingerprint density at radius 2 is 1.97 bits per heavy atom. The number of benzene rings is 2. The average Bonchev–Trinajstić information content (AvgIpc) is 3.19. The highest BCUT2D eigenvalue weighted by molar-refractivity contribution is 6.36. The Balaban J connectivity index is 1.52. The number of nitrogens with zero attached hydrogens (tertiary/aromatic N) is 1. The van der Waals surface area contributed by atoms with Gasteiger partial charge >= 0.3 is 0 Å². The first kappa shape index (κ1) is 20.9. The van der Waals surface area contributed by atoms with Crippen LogP contribution < -0.4 is 10.6 Å². The minimum absolute atomic E-state index is 0.139. The molecule has 3 rings (SSSR count). The van der Waals surface area contributed by atoms with Crippen LogP contribution >= 0.6 is 23.2 Å². The third kappa shape index (κ3) is 5.59. The molecule has 0 saturated heterocycles. The van der Waals surface area contributed by atoms with Crippen LogP contribution in [0.5, 0.6) is 0 Å². The second kappa shape index (κ2) is 9.58. The number of aryl methyl sites for hydroxylation is 1. The Kier molecular flexibility index (Phi) is 6.90. The number of rotatable bonds is 7. The van der Waals surface area contributed by atoms with Crippen LogP contribution in [0.1, 0.15) is 28.2 Å². The van der Waals surface area contributed by atoms with Crippen LogP contribution in [0.3, 0.4) is 0 Å². The molecule has 8 heteroatoms. The molecule has 0 unspecified atom stereocenters. The molecule has 1 heterocycles. The van der Waals surface area contributed by atoms with Gasteiger partial charge in [-0.1, -0.05) is 35.3 Å². The van der Waals surface area contributed by atoms with Crippen molar-refractivity contribution in [3.8, 4) is 11.3 Å². The van der Waals surface area contributed by atoms with Crippen LogP contribution in [0.4, 0.5) is 0 Å².